The normalized spacial score (nSPS) is 21.4. The van der Waals surface area contributed by atoms with Gasteiger partial charge in [0.2, 0.25) is 0 Å². The molecule has 5 nitrogen and oxygen atoms in total. The Kier molecular flexibility index (Phi) is 4.51. The van der Waals surface area contributed by atoms with E-state index in [2.05, 4.69) is 21.2 Å². The number of carboxylic acid groups (broad SMARTS) is 1. The number of nitrogens with zero attached hydrogens (tertiary/aromatic N) is 1. The fraction of sp³-hybridized carbons (Fsp3) is 0.429. The van der Waals surface area contributed by atoms with Crippen LogP contribution in [0.3, 0.4) is 0 Å². The highest BCUT2D eigenvalue weighted by atomic mass is 79.9. The Morgan fingerprint density at radius 2 is 2.24 bits per heavy atom. The lowest BCUT2D eigenvalue weighted by Crippen LogP contribution is -2.54. The number of hydrogen-bond acceptors (Lipinski definition) is 2. The third kappa shape index (κ3) is 2.88. The largest absolute Gasteiger partial charge is 0.479 e. The van der Waals surface area contributed by atoms with Gasteiger partial charge < -0.3 is 15.3 Å². The minimum Gasteiger partial charge on any atom is -0.479 e. The molecule has 0 aliphatic carbocycles. The van der Waals surface area contributed by atoms with Gasteiger partial charge in [0.25, 0.3) is 0 Å². The Labute approximate surface area is 130 Å². The van der Waals surface area contributed by atoms with Crippen molar-refractivity contribution in [3.63, 3.8) is 0 Å². The van der Waals surface area contributed by atoms with E-state index in [0.717, 1.165) is 0 Å². The first-order chi connectivity index (χ1) is 9.90. The highest BCUT2D eigenvalue weighted by molar-refractivity contribution is 9.10. The molecule has 7 heteroatoms. The quantitative estimate of drug-likeness (QED) is 0.869. The molecule has 0 radical (unpaired) electrons. The standard InChI is InChI=1S/C14H16BrFN2O3/c1-2-14(12(19)20)6-3-7-18(14)13(21)17-11-5-4-9(16)8-10(11)15/h4-5,8H,2-3,6-7H2,1H3,(H,17,21)(H,19,20). The van der Waals surface area contributed by atoms with Crippen LogP contribution in [0, 0.1) is 5.82 Å². The second-order valence-corrected chi connectivity index (χ2v) is 5.85. The van der Waals surface area contributed by atoms with Crippen molar-refractivity contribution in [2.24, 2.45) is 0 Å². The lowest BCUT2D eigenvalue weighted by Gasteiger charge is -2.33. The van der Waals surface area contributed by atoms with E-state index in [4.69, 9.17) is 0 Å². The van der Waals surface area contributed by atoms with Crippen molar-refractivity contribution in [3.8, 4) is 0 Å². The van der Waals surface area contributed by atoms with Crippen LogP contribution < -0.4 is 5.32 Å². The second-order valence-electron chi connectivity index (χ2n) is 5.00. The maximum Gasteiger partial charge on any atom is 0.329 e. The molecular formula is C14H16BrFN2O3. The molecule has 0 aromatic heterocycles. The summed E-state index contributed by atoms with van der Waals surface area (Å²) in [7, 11) is 0. The SMILES string of the molecule is CCC1(C(=O)O)CCCN1C(=O)Nc1ccc(F)cc1Br. The second kappa shape index (κ2) is 6.01. The van der Waals surface area contributed by atoms with Crippen LogP contribution in [0.1, 0.15) is 26.2 Å². The van der Waals surface area contributed by atoms with Crippen LogP contribution in [0.25, 0.3) is 0 Å². The minimum atomic E-state index is -1.16. The zero-order valence-electron chi connectivity index (χ0n) is 11.5. The van der Waals surface area contributed by atoms with E-state index in [0.29, 0.717) is 36.0 Å². The molecule has 1 aromatic rings. The third-order valence-corrected chi connectivity index (χ3v) is 4.55. The van der Waals surface area contributed by atoms with E-state index in [1.54, 1.807) is 6.92 Å². The summed E-state index contributed by atoms with van der Waals surface area (Å²) in [5.41, 5.74) is -0.750. The van der Waals surface area contributed by atoms with Crippen molar-refractivity contribution >= 4 is 33.6 Å². The van der Waals surface area contributed by atoms with Gasteiger partial charge in [-0.1, -0.05) is 6.92 Å². The summed E-state index contributed by atoms with van der Waals surface area (Å²) in [6.07, 6.45) is 1.44. The first-order valence-electron chi connectivity index (χ1n) is 6.68. The summed E-state index contributed by atoms with van der Waals surface area (Å²) in [4.78, 5) is 25.3. The smallest absolute Gasteiger partial charge is 0.329 e. The Morgan fingerprint density at radius 1 is 1.52 bits per heavy atom. The van der Waals surface area contributed by atoms with E-state index in [-0.39, 0.29) is 0 Å². The van der Waals surface area contributed by atoms with Crippen molar-refractivity contribution in [1.29, 1.82) is 0 Å². The highest BCUT2D eigenvalue weighted by Gasteiger charge is 2.48. The monoisotopic (exact) mass is 358 g/mol. The van der Waals surface area contributed by atoms with Crippen LogP contribution in [-0.2, 0) is 4.79 Å². The lowest BCUT2D eigenvalue weighted by molar-refractivity contribution is -0.148. The van der Waals surface area contributed by atoms with E-state index in [1.807, 2.05) is 0 Å². The van der Waals surface area contributed by atoms with Gasteiger partial charge in [-0.15, -0.1) is 0 Å². The molecule has 1 unspecified atom stereocenters. The van der Waals surface area contributed by atoms with E-state index < -0.39 is 23.4 Å². The van der Waals surface area contributed by atoms with Crippen LogP contribution in [0.4, 0.5) is 14.9 Å². The number of halogens is 2. The molecule has 2 N–H and O–H groups in total. The molecule has 0 saturated carbocycles. The van der Waals surface area contributed by atoms with E-state index >= 15 is 0 Å². The van der Waals surface area contributed by atoms with Gasteiger partial charge in [0.05, 0.1) is 5.69 Å². The van der Waals surface area contributed by atoms with E-state index in [1.165, 1.54) is 23.1 Å². The van der Waals surface area contributed by atoms with Gasteiger partial charge in [-0.3, -0.25) is 0 Å². The van der Waals surface area contributed by atoms with Crippen molar-refractivity contribution in [3.05, 3.63) is 28.5 Å². The van der Waals surface area contributed by atoms with Gasteiger partial charge in [0, 0.05) is 11.0 Å². The van der Waals surface area contributed by atoms with Crippen molar-refractivity contribution < 1.29 is 19.1 Å². The zero-order chi connectivity index (χ0) is 15.6. The summed E-state index contributed by atoms with van der Waals surface area (Å²) in [6.45, 7) is 2.15. The van der Waals surface area contributed by atoms with Gasteiger partial charge in [0.1, 0.15) is 11.4 Å². The topological polar surface area (TPSA) is 69.6 Å². The highest BCUT2D eigenvalue weighted by Crippen LogP contribution is 2.34. The van der Waals surface area contributed by atoms with Crippen LogP contribution in [0.15, 0.2) is 22.7 Å². The number of anilines is 1. The summed E-state index contributed by atoms with van der Waals surface area (Å²) in [5.74, 6) is -1.41. The number of carboxylic acids is 1. The predicted molar refractivity (Wildman–Crippen MR) is 79.7 cm³/mol. The van der Waals surface area contributed by atoms with Crippen molar-refractivity contribution in [2.45, 2.75) is 31.7 Å². The van der Waals surface area contributed by atoms with Crippen molar-refractivity contribution in [2.75, 3.05) is 11.9 Å². The molecule has 114 valence electrons. The summed E-state index contributed by atoms with van der Waals surface area (Å²) in [6, 6.07) is 3.42. The minimum absolute atomic E-state index is 0.348. The number of aliphatic carboxylic acids is 1. The number of carbonyl (C=O) groups is 2. The number of benzene rings is 1. The average Bonchev–Trinajstić information content (AvgIpc) is 2.87. The van der Waals surface area contributed by atoms with Gasteiger partial charge in [0.15, 0.2) is 0 Å². The molecular weight excluding hydrogens is 343 g/mol. The Morgan fingerprint density at radius 3 is 2.81 bits per heavy atom. The molecule has 1 aliphatic heterocycles. The molecule has 21 heavy (non-hydrogen) atoms. The van der Waals surface area contributed by atoms with E-state index in [9.17, 15) is 19.1 Å². The fourth-order valence-corrected chi connectivity index (χ4v) is 3.14. The third-order valence-electron chi connectivity index (χ3n) is 3.89. The molecule has 1 atom stereocenters. The number of carbonyl (C=O) groups excluding carboxylic acids is 1. The summed E-state index contributed by atoms with van der Waals surface area (Å²) < 4.78 is 13.4. The molecule has 2 rings (SSSR count). The molecule has 0 spiro atoms. The molecule has 1 saturated heterocycles. The molecule has 1 heterocycles. The van der Waals surface area contributed by atoms with Gasteiger partial charge in [-0.25, -0.2) is 14.0 Å². The number of urea groups is 1. The van der Waals surface area contributed by atoms with Crippen molar-refractivity contribution in [1.82, 2.24) is 4.90 Å². The van der Waals surface area contributed by atoms with Gasteiger partial charge in [-0.2, -0.15) is 0 Å². The van der Waals surface area contributed by atoms with Crippen LogP contribution in [0.5, 0.6) is 0 Å². The number of hydrogen-bond donors (Lipinski definition) is 2. The molecule has 2 amide bonds. The number of rotatable bonds is 3. The molecule has 1 fully saturated rings. The first kappa shape index (κ1) is 15.8. The summed E-state index contributed by atoms with van der Waals surface area (Å²) >= 11 is 3.17. The van der Waals surface area contributed by atoms with Gasteiger partial charge in [-0.05, 0) is 53.4 Å². The molecule has 0 bridgehead atoms. The molecule has 1 aromatic carbocycles. The van der Waals surface area contributed by atoms with Crippen LogP contribution in [-0.4, -0.2) is 34.1 Å². The number of likely N-dealkylation sites (tertiary alicyclic amines) is 1. The van der Waals surface area contributed by atoms with Crippen LogP contribution in [0.2, 0.25) is 0 Å². The predicted octanol–water partition coefficient (Wildman–Crippen LogP) is 3.45. The lowest BCUT2D eigenvalue weighted by atomic mass is 9.93. The molecule has 1 aliphatic rings. The van der Waals surface area contributed by atoms with Gasteiger partial charge >= 0.3 is 12.0 Å². The number of nitrogens with one attached hydrogen (secondary N) is 1. The maximum atomic E-state index is 13.0. The summed E-state index contributed by atoms with van der Waals surface area (Å²) in [5, 5.41) is 12.1. The first-order valence-corrected chi connectivity index (χ1v) is 7.47. The Hall–Kier alpha value is -1.63. The Bertz CT molecular complexity index is 581. The fourth-order valence-electron chi connectivity index (χ4n) is 2.69. The average molecular weight is 359 g/mol. The Balaban J connectivity index is 2.21. The maximum absolute atomic E-state index is 13.0. The van der Waals surface area contributed by atoms with Crippen LogP contribution >= 0.6 is 15.9 Å². The number of amides is 2. The zero-order valence-corrected chi connectivity index (χ0v) is 13.1.